The minimum atomic E-state index is -0.872. The lowest BCUT2D eigenvalue weighted by atomic mass is 10.0. The molecule has 0 spiro atoms. The molecule has 3 N–H and O–H groups in total. The van der Waals surface area contributed by atoms with Crippen LogP contribution in [0.15, 0.2) is 85.1 Å². The first-order chi connectivity index (χ1) is 28.7. The molecular weight excluding hydrogens is 711 g/mol. The number of aliphatic hydroxyl groups is 2. The molecule has 0 saturated heterocycles. The SMILES string of the molecule is CC/C=C\C/C=C\C/C=C\C/C=C\CCCCCCCCCCCCCCCCCCCCC(=O)NC(CO)C(O)/C=C/CC/C=C/CC/C=C/CCCCCCC. The summed E-state index contributed by atoms with van der Waals surface area (Å²) in [6.45, 7) is 4.16. The average Bonchev–Trinajstić information content (AvgIpc) is 3.23. The zero-order valence-corrected chi connectivity index (χ0v) is 38.3. The van der Waals surface area contributed by atoms with Crippen molar-refractivity contribution in [3.63, 3.8) is 0 Å². The lowest BCUT2D eigenvalue weighted by Gasteiger charge is -2.19. The molecule has 0 aromatic heterocycles. The molecule has 2 atom stereocenters. The van der Waals surface area contributed by atoms with Crippen molar-refractivity contribution >= 4 is 5.91 Å². The molecule has 58 heavy (non-hydrogen) atoms. The third kappa shape index (κ3) is 44.7. The molecule has 0 aliphatic rings. The van der Waals surface area contributed by atoms with Crippen LogP contribution in [0.5, 0.6) is 0 Å². The van der Waals surface area contributed by atoms with Crippen molar-refractivity contribution < 1.29 is 15.0 Å². The molecule has 0 aliphatic heterocycles. The molecular formula is C54H95NO3. The predicted molar refractivity (Wildman–Crippen MR) is 257 cm³/mol. The van der Waals surface area contributed by atoms with Crippen molar-refractivity contribution in [3.05, 3.63) is 85.1 Å². The van der Waals surface area contributed by atoms with Gasteiger partial charge in [-0.05, 0) is 83.5 Å². The van der Waals surface area contributed by atoms with Gasteiger partial charge in [0.2, 0.25) is 5.91 Å². The number of aliphatic hydroxyl groups excluding tert-OH is 2. The van der Waals surface area contributed by atoms with Crippen molar-refractivity contribution in [3.8, 4) is 0 Å². The number of nitrogens with one attached hydrogen (secondary N) is 1. The first kappa shape index (κ1) is 55.6. The number of hydrogen-bond donors (Lipinski definition) is 3. The third-order valence-corrected chi connectivity index (χ3v) is 10.8. The summed E-state index contributed by atoms with van der Waals surface area (Å²) in [5, 5.41) is 23.0. The van der Waals surface area contributed by atoms with Crippen molar-refractivity contribution in [2.45, 2.75) is 244 Å². The number of carbonyl (C=O) groups is 1. The fourth-order valence-electron chi connectivity index (χ4n) is 7.08. The first-order valence-corrected chi connectivity index (χ1v) is 24.8. The van der Waals surface area contributed by atoms with E-state index >= 15 is 0 Å². The predicted octanol–water partition coefficient (Wildman–Crippen LogP) is 16.0. The Morgan fingerprint density at radius 1 is 0.431 bits per heavy atom. The van der Waals surface area contributed by atoms with Gasteiger partial charge in [-0.1, -0.05) is 227 Å². The highest BCUT2D eigenvalue weighted by Crippen LogP contribution is 2.15. The van der Waals surface area contributed by atoms with E-state index in [2.05, 4.69) is 92.1 Å². The molecule has 4 nitrogen and oxygen atoms in total. The quantitative estimate of drug-likeness (QED) is 0.0424. The number of allylic oxidation sites excluding steroid dienone is 13. The molecule has 334 valence electrons. The van der Waals surface area contributed by atoms with E-state index in [1.165, 1.54) is 148 Å². The van der Waals surface area contributed by atoms with Crippen LogP contribution in [0, 0.1) is 0 Å². The lowest BCUT2D eigenvalue weighted by molar-refractivity contribution is -0.123. The van der Waals surface area contributed by atoms with Gasteiger partial charge < -0.3 is 15.5 Å². The molecule has 0 rings (SSSR count). The van der Waals surface area contributed by atoms with Gasteiger partial charge in [0.1, 0.15) is 0 Å². The fourth-order valence-corrected chi connectivity index (χ4v) is 7.08. The summed E-state index contributed by atoms with van der Waals surface area (Å²) >= 11 is 0. The Hall–Kier alpha value is -2.43. The molecule has 1 amide bonds. The molecule has 0 bridgehead atoms. The number of rotatable bonds is 44. The van der Waals surface area contributed by atoms with Crippen LogP contribution in [0.4, 0.5) is 0 Å². The second-order valence-electron chi connectivity index (χ2n) is 16.5. The smallest absolute Gasteiger partial charge is 0.220 e. The van der Waals surface area contributed by atoms with Crippen LogP contribution in [0.2, 0.25) is 0 Å². The van der Waals surface area contributed by atoms with Gasteiger partial charge in [0.05, 0.1) is 18.8 Å². The van der Waals surface area contributed by atoms with Gasteiger partial charge in [-0.25, -0.2) is 0 Å². The maximum atomic E-state index is 12.4. The monoisotopic (exact) mass is 806 g/mol. The maximum Gasteiger partial charge on any atom is 0.220 e. The third-order valence-electron chi connectivity index (χ3n) is 10.8. The van der Waals surface area contributed by atoms with E-state index in [4.69, 9.17) is 0 Å². The maximum absolute atomic E-state index is 12.4. The Morgan fingerprint density at radius 2 is 0.776 bits per heavy atom. The molecule has 0 aliphatic carbocycles. The Bertz CT molecular complexity index is 1050. The van der Waals surface area contributed by atoms with E-state index in [0.717, 1.165) is 64.2 Å². The van der Waals surface area contributed by atoms with Crippen molar-refractivity contribution in [2.24, 2.45) is 0 Å². The summed E-state index contributed by atoms with van der Waals surface area (Å²) in [4.78, 5) is 12.4. The van der Waals surface area contributed by atoms with Crippen molar-refractivity contribution in [1.29, 1.82) is 0 Å². The van der Waals surface area contributed by atoms with Gasteiger partial charge in [0.15, 0.2) is 0 Å². The molecule has 4 heteroatoms. The van der Waals surface area contributed by atoms with Crippen LogP contribution < -0.4 is 5.32 Å². The molecule has 0 radical (unpaired) electrons. The van der Waals surface area contributed by atoms with Crippen LogP contribution in [-0.2, 0) is 4.79 Å². The minimum absolute atomic E-state index is 0.0795. The van der Waals surface area contributed by atoms with E-state index < -0.39 is 12.1 Å². The lowest BCUT2D eigenvalue weighted by Crippen LogP contribution is -2.45. The highest BCUT2D eigenvalue weighted by molar-refractivity contribution is 5.76. The first-order valence-electron chi connectivity index (χ1n) is 24.8. The molecule has 2 unspecified atom stereocenters. The van der Waals surface area contributed by atoms with Gasteiger partial charge in [-0.15, -0.1) is 0 Å². The standard InChI is InChI=1S/C54H95NO3/c1-3-5-7-9-11-13-15-17-19-20-21-22-23-24-25-26-27-28-29-30-31-32-33-34-36-38-40-42-44-46-48-50-54(58)55-52(51-56)53(57)49-47-45-43-41-39-37-35-18-16-14-12-10-8-6-4-2/h5,7,11,13,16-19,21-22,39,41,47,49,52-53,56-57H,3-4,6,8-10,12,14-15,20,23-38,40,42-46,48,50-51H2,1-2H3,(H,55,58)/b7-5-,13-11-,18-16+,19-17-,22-21-,41-39+,49-47+. The summed E-state index contributed by atoms with van der Waals surface area (Å²) in [6.07, 6.45) is 71.5. The zero-order valence-electron chi connectivity index (χ0n) is 38.3. The summed E-state index contributed by atoms with van der Waals surface area (Å²) in [7, 11) is 0. The average molecular weight is 806 g/mol. The molecule has 0 saturated carbocycles. The highest BCUT2D eigenvalue weighted by Gasteiger charge is 2.17. The largest absolute Gasteiger partial charge is 0.394 e. The van der Waals surface area contributed by atoms with Crippen LogP contribution in [0.25, 0.3) is 0 Å². The molecule has 0 heterocycles. The van der Waals surface area contributed by atoms with E-state index in [-0.39, 0.29) is 12.5 Å². The van der Waals surface area contributed by atoms with Crippen LogP contribution in [0.3, 0.4) is 0 Å². The summed E-state index contributed by atoms with van der Waals surface area (Å²) in [5.74, 6) is -0.0795. The Labute approximate surface area is 361 Å². The molecule has 0 aromatic carbocycles. The second-order valence-corrected chi connectivity index (χ2v) is 16.5. The summed E-state index contributed by atoms with van der Waals surface area (Å²) < 4.78 is 0. The van der Waals surface area contributed by atoms with E-state index in [1.807, 2.05) is 6.08 Å². The Kier molecular flexibility index (Phi) is 46.9. The number of carbonyl (C=O) groups excluding carboxylic acids is 1. The van der Waals surface area contributed by atoms with Crippen molar-refractivity contribution in [1.82, 2.24) is 5.32 Å². The summed E-state index contributed by atoms with van der Waals surface area (Å²) in [6, 6.07) is -0.647. The number of hydrogen-bond acceptors (Lipinski definition) is 3. The van der Waals surface area contributed by atoms with E-state index in [9.17, 15) is 15.0 Å². The topological polar surface area (TPSA) is 69.6 Å². The normalized spacial score (nSPS) is 13.7. The van der Waals surface area contributed by atoms with Crippen molar-refractivity contribution in [2.75, 3.05) is 6.61 Å². The van der Waals surface area contributed by atoms with Crippen LogP contribution >= 0.6 is 0 Å². The highest BCUT2D eigenvalue weighted by atomic mass is 16.3. The Morgan fingerprint density at radius 3 is 1.21 bits per heavy atom. The van der Waals surface area contributed by atoms with Crippen LogP contribution in [-0.4, -0.2) is 34.9 Å². The van der Waals surface area contributed by atoms with Gasteiger partial charge >= 0.3 is 0 Å². The van der Waals surface area contributed by atoms with Crippen LogP contribution in [0.1, 0.15) is 232 Å². The van der Waals surface area contributed by atoms with Gasteiger partial charge in [-0.3, -0.25) is 4.79 Å². The molecule has 0 aromatic rings. The van der Waals surface area contributed by atoms with Gasteiger partial charge in [-0.2, -0.15) is 0 Å². The van der Waals surface area contributed by atoms with E-state index in [0.29, 0.717) is 6.42 Å². The van der Waals surface area contributed by atoms with E-state index in [1.54, 1.807) is 6.08 Å². The minimum Gasteiger partial charge on any atom is -0.394 e. The zero-order chi connectivity index (χ0) is 42.1. The summed E-state index contributed by atoms with van der Waals surface area (Å²) in [5.41, 5.74) is 0. The number of amides is 1. The van der Waals surface area contributed by atoms with Gasteiger partial charge in [0.25, 0.3) is 0 Å². The van der Waals surface area contributed by atoms with Gasteiger partial charge in [0, 0.05) is 6.42 Å². The second kappa shape index (κ2) is 48.9. The Balaban J connectivity index is 3.53. The number of unbranched alkanes of at least 4 members (excludes halogenated alkanes) is 25. The molecule has 0 fully saturated rings. The fraction of sp³-hybridized carbons (Fsp3) is 0.722.